The van der Waals surface area contributed by atoms with Crippen LogP contribution < -0.4 is 10.6 Å². The summed E-state index contributed by atoms with van der Waals surface area (Å²) in [5, 5.41) is 9.27. The van der Waals surface area contributed by atoms with Gasteiger partial charge in [0.05, 0.1) is 6.54 Å². The smallest absolute Gasteiger partial charge is 0.287 e. The van der Waals surface area contributed by atoms with Crippen LogP contribution in [-0.4, -0.2) is 34.7 Å². The van der Waals surface area contributed by atoms with Gasteiger partial charge in [-0.1, -0.05) is 0 Å². The molecule has 0 aromatic carbocycles. The molecule has 0 radical (unpaired) electrons. The number of rotatable bonds is 7. The summed E-state index contributed by atoms with van der Waals surface area (Å²) < 4.78 is 7.34. The van der Waals surface area contributed by atoms with E-state index in [2.05, 4.69) is 31.7 Å². The monoisotopic (exact) mass is 354 g/mol. The van der Waals surface area contributed by atoms with Crippen LogP contribution in [0.3, 0.4) is 0 Å². The van der Waals surface area contributed by atoms with Gasteiger partial charge >= 0.3 is 0 Å². The standard InChI is InChI=1S/C13H15BrN4O3/c14-11-4-3-10(21-11)13(20)16-9-12(19)15-5-1-7-18-8-2-6-17-18/h2-4,6,8H,1,5,7,9H2,(H,15,19)(H,16,20). The zero-order valence-corrected chi connectivity index (χ0v) is 12.8. The van der Waals surface area contributed by atoms with Gasteiger partial charge in [0.25, 0.3) is 5.91 Å². The summed E-state index contributed by atoms with van der Waals surface area (Å²) >= 11 is 3.11. The van der Waals surface area contributed by atoms with Crippen LogP contribution in [-0.2, 0) is 11.3 Å². The first kappa shape index (κ1) is 15.3. The SMILES string of the molecule is O=C(CNC(=O)c1ccc(Br)o1)NCCCn1cccn1. The quantitative estimate of drug-likeness (QED) is 0.730. The van der Waals surface area contributed by atoms with Crippen LogP contribution >= 0.6 is 15.9 Å². The van der Waals surface area contributed by atoms with E-state index in [0.717, 1.165) is 13.0 Å². The van der Waals surface area contributed by atoms with E-state index < -0.39 is 5.91 Å². The van der Waals surface area contributed by atoms with Gasteiger partial charge in [0.1, 0.15) is 0 Å². The van der Waals surface area contributed by atoms with E-state index in [1.165, 1.54) is 6.07 Å². The van der Waals surface area contributed by atoms with Crippen molar-refractivity contribution in [2.45, 2.75) is 13.0 Å². The van der Waals surface area contributed by atoms with Crippen molar-refractivity contribution in [2.75, 3.05) is 13.1 Å². The number of hydrogen-bond acceptors (Lipinski definition) is 4. The van der Waals surface area contributed by atoms with Crippen LogP contribution in [0.15, 0.2) is 39.7 Å². The second-order valence-corrected chi connectivity index (χ2v) is 5.04. The maximum atomic E-state index is 11.6. The lowest BCUT2D eigenvalue weighted by molar-refractivity contribution is -0.120. The molecule has 0 spiro atoms. The number of hydrogen-bond donors (Lipinski definition) is 2. The van der Waals surface area contributed by atoms with Crippen LogP contribution in [0.4, 0.5) is 0 Å². The lowest BCUT2D eigenvalue weighted by Crippen LogP contribution is -2.37. The van der Waals surface area contributed by atoms with Gasteiger partial charge < -0.3 is 15.1 Å². The predicted molar refractivity (Wildman–Crippen MR) is 78.6 cm³/mol. The molecule has 112 valence electrons. The second-order valence-electron chi connectivity index (χ2n) is 4.26. The summed E-state index contributed by atoms with van der Waals surface area (Å²) in [5.74, 6) is -0.504. The molecule has 2 aromatic rings. The van der Waals surface area contributed by atoms with Crippen LogP contribution in [0.2, 0.25) is 0 Å². The minimum Gasteiger partial charge on any atom is -0.444 e. The maximum absolute atomic E-state index is 11.6. The number of nitrogens with zero attached hydrogens (tertiary/aromatic N) is 2. The number of carbonyl (C=O) groups excluding carboxylic acids is 2. The number of nitrogens with one attached hydrogen (secondary N) is 2. The first-order valence-corrected chi connectivity index (χ1v) is 7.22. The van der Waals surface area contributed by atoms with Crippen LogP contribution in [0, 0.1) is 0 Å². The molecule has 0 aliphatic carbocycles. The molecule has 8 heteroatoms. The number of carbonyl (C=O) groups is 2. The first-order valence-electron chi connectivity index (χ1n) is 6.43. The lowest BCUT2D eigenvalue weighted by Gasteiger charge is -2.06. The molecular formula is C13H15BrN4O3. The Bertz CT molecular complexity index is 594. The molecule has 21 heavy (non-hydrogen) atoms. The van der Waals surface area contributed by atoms with Gasteiger partial charge in [-0.15, -0.1) is 0 Å². The fourth-order valence-corrected chi connectivity index (χ4v) is 1.95. The third-order valence-electron chi connectivity index (χ3n) is 2.65. The normalized spacial score (nSPS) is 10.3. The van der Waals surface area contributed by atoms with E-state index in [4.69, 9.17) is 4.42 Å². The van der Waals surface area contributed by atoms with Crippen molar-refractivity contribution < 1.29 is 14.0 Å². The van der Waals surface area contributed by atoms with Crippen molar-refractivity contribution in [1.82, 2.24) is 20.4 Å². The minimum absolute atomic E-state index is 0.0844. The summed E-state index contributed by atoms with van der Waals surface area (Å²) in [6, 6.07) is 4.99. The molecule has 2 rings (SSSR count). The highest BCUT2D eigenvalue weighted by Crippen LogP contribution is 2.13. The molecular weight excluding hydrogens is 340 g/mol. The lowest BCUT2D eigenvalue weighted by atomic mass is 10.4. The Balaban J connectivity index is 1.60. The van der Waals surface area contributed by atoms with Gasteiger partial charge in [-0.25, -0.2) is 0 Å². The van der Waals surface area contributed by atoms with E-state index in [1.807, 2.05) is 12.3 Å². The van der Waals surface area contributed by atoms with Gasteiger partial charge in [0.2, 0.25) is 5.91 Å². The Hall–Kier alpha value is -2.09. The third-order valence-corrected chi connectivity index (χ3v) is 3.08. The molecule has 0 aliphatic rings. The Kier molecular flexibility index (Phi) is 5.56. The summed E-state index contributed by atoms with van der Waals surface area (Å²) in [7, 11) is 0. The van der Waals surface area contributed by atoms with Crippen LogP contribution in [0.25, 0.3) is 0 Å². The number of amides is 2. The molecule has 0 fully saturated rings. The summed E-state index contributed by atoms with van der Waals surface area (Å²) in [4.78, 5) is 23.2. The van der Waals surface area contributed by atoms with Crippen molar-refractivity contribution in [1.29, 1.82) is 0 Å². The zero-order chi connectivity index (χ0) is 15.1. The Labute approximate surface area is 129 Å². The van der Waals surface area contributed by atoms with Crippen molar-refractivity contribution >= 4 is 27.7 Å². The van der Waals surface area contributed by atoms with E-state index >= 15 is 0 Å². The van der Waals surface area contributed by atoms with Crippen molar-refractivity contribution in [3.05, 3.63) is 41.0 Å². The molecule has 0 unspecified atom stereocenters. The highest BCUT2D eigenvalue weighted by molar-refractivity contribution is 9.10. The molecule has 7 nitrogen and oxygen atoms in total. The second kappa shape index (κ2) is 7.63. The van der Waals surface area contributed by atoms with Crippen molar-refractivity contribution in [2.24, 2.45) is 0 Å². The fraction of sp³-hybridized carbons (Fsp3) is 0.308. The molecule has 0 bridgehead atoms. The largest absolute Gasteiger partial charge is 0.444 e. The summed E-state index contributed by atoms with van der Waals surface area (Å²) in [6.45, 7) is 1.18. The average Bonchev–Trinajstić information content (AvgIpc) is 3.12. The molecule has 0 atom stereocenters. The number of aromatic nitrogens is 2. The van der Waals surface area contributed by atoms with Crippen molar-refractivity contribution in [3.8, 4) is 0 Å². The molecule has 0 aliphatic heterocycles. The van der Waals surface area contributed by atoms with Gasteiger partial charge in [-0.2, -0.15) is 5.10 Å². The fourth-order valence-electron chi connectivity index (χ4n) is 1.65. The van der Waals surface area contributed by atoms with E-state index in [-0.39, 0.29) is 18.2 Å². The Morgan fingerprint density at radius 3 is 2.86 bits per heavy atom. The predicted octanol–water partition coefficient (Wildman–Crippen LogP) is 1.17. The number of halogens is 1. The third kappa shape index (κ3) is 5.07. The van der Waals surface area contributed by atoms with Gasteiger partial charge in [0, 0.05) is 25.5 Å². The summed E-state index contributed by atoms with van der Waals surface area (Å²) in [5.41, 5.74) is 0. The Morgan fingerprint density at radius 2 is 2.19 bits per heavy atom. The van der Waals surface area contributed by atoms with E-state index in [9.17, 15) is 9.59 Å². The zero-order valence-electron chi connectivity index (χ0n) is 11.2. The van der Waals surface area contributed by atoms with E-state index in [0.29, 0.717) is 11.2 Å². The molecule has 2 aromatic heterocycles. The van der Waals surface area contributed by atoms with E-state index in [1.54, 1.807) is 16.9 Å². The summed E-state index contributed by atoms with van der Waals surface area (Å²) in [6.07, 6.45) is 4.34. The average molecular weight is 355 g/mol. The topological polar surface area (TPSA) is 89.2 Å². The number of furan rings is 1. The molecule has 0 saturated heterocycles. The minimum atomic E-state index is -0.424. The van der Waals surface area contributed by atoms with Crippen molar-refractivity contribution in [3.63, 3.8) is 0 Å². The van der Waals surface area contributed by atoms with Gasteiger partial charge in [-0.3, -0.25) is 14.3 Å². The van der Waals surface area contributed by atoms with Gasteiger partial charge in [-0.05, 0) is 40.5 Å². The Morgan fingerprint density at radius 1 is 1.33 bits per heavy atom. The number of aryl methyl sites for hydroxylation is 1. The van der Waals surface area contributed by atoms with Gasteiger partial charge in [0.15, 0.2) is 10.4 Å². The maximum Gasteiger partial charge on any atom is 0.287 e. The highest BCUT2D eigenvalue weighted by Gasteiger charge is 2.11. The van der Waals surface area contributed by atoms with Crippen LogP contribution in [0.5, 0.6) is 0 Å². The molecule has 2 N–H and O–H groups in total. The highest BCUT2D eigenvalue weighted by atomic mass is 79.9. The van der Waals surface area contributed by atoms with Crippen LogP contribution in [0.1, 0.15) is 17.0 Å². The molecule has 0 saturated carbocycles. The molecule has 2 heterocycles. The molecule has 2 amide bonds. The first-order chi connectivity index (χ1) is 10.1.